The van der Waals surface area contributed by atoms with E-state index in [2.05, 4.69) is 15.3 Å². The smallest absolute Gasteiger partial charge is 0.281 e. The third kappa shape index (κ3) is 3.34. The van der Waals surface area contributed by atoms with Gasteiger partial charge in [-0.15, -0.1) is 0 Å². The van der Waals surface area contributed by atoms with Gasteiger partial charge in [-0.3, -0.25) is 9.59 Å². The van der Waals surface area contributed by atoms with E-state index in [9.17, 15) is 9.59 Å². The molecule has 3 N–H and O–H groups in total. The summed E-state index contributed by atoms with van der Waals surface area (Å²) in [6, 6.07) is 7.13. The van der Waals surface area contributed by atoms with Gasteiger partial charge in [0, 0.05) is 5.92 Å². The molecule has 1 saturated carbocycles. The van der Waals surface area contributed by atoms with E-state index in [-0.39, 0.29) is 23.5 Å². The molecule has 1 aliphatic carbocycles. The maximum Gasteiger partial charge on any atom is 0.281 e. The minimum Gasteiger partial charge on any atom is -0.496 e. The van der Waals surface area contributed by atoms with E-state index >= 15 is 0 Å². The molecule has 0 radical (unpaired) electrons. The molecule has 1 aromatic carbocycles. The maximum absolute atomic E-state index is 12.7. The maximum atomic E-state index is 12.7. The molecule has 2 amide bonds. The molecule has 0 saturated heterocycles. The van der Waals surface area contributed by atoms with E-state index in [4.69, 9.17) is 10.5 Å². The zero-order valence-corrected chi connectivity index (χ0v) is 15.1. The molecule has 7 heteroatoms. The molecule has 0 spiro atoms. The van der Waals surface area contributed by atoms with Crippen LogP contribution in [-0.4, -0.2) is 36.1 Å². The topological polar surface area (TPSA) is 106 Å². The highest BCUT2D eigenvalue weighted by atomic mass is 16.5. The quantitative estimate of drug-likeness (QED) is 0.858. The zero-order valence-electron chi connectivity index (χ0n) is 15.1. The van der Waals surface area contributed by atoms with Crippen LogP contribution in [0.25, 0.3) is 0 Å². The molecule has 0 bridgehead atoms. The minimum absolute atomic E-state index is 0.0302. The van der Waals surface area contributed by atoms with Gasteiger partial charge in [0.05, 0.1) is 12.7 Å². The van der Waals surface area contributed by atoms with Gasteiger partial charge >= 0.3 is 0 Å². The average Bonchev–Trinajstić information content (AvgIpc) is 2.66. The van der Waals surface area contributed by atoms with Crippen LogP contribution in [0.4, 0.5) is 0 Å². The van der Waals surface area contributed by atoms with Crippen LogP contribution in [0.1, 0.15) is 44.6 Å². The Hall–Kier alpha value is -2.70. The first-order valence-corrected chi connectivity index (χ1v) is 8.89. The van der Waals surface area contributed by atoms with Gasteiger partial charge in [0.2, 0.25) is 5.91 Å². The van der Waals surface area contributed by atoms with Crippen molar-refractivity contribution in [2.45, 2.75) is 44.6 Å². The number of amides is 2. The Morgan fingerprint density at radius 1 is 1.23 bits per heavy atom. The Bertz CT molecular complexity index is 781. The van der Waals surface area contributed by atoms with E-state index < -0.39 is 11.4 Å². The predicted octanol–water partition coefficient (Wildman–Crippen LogP) is 1.79. The predicted molar refractivity (Wildman–Crippen MR) is 99.3 cm³/mol. The second kappa shape index (κ2) is 7.27. The van der Waals surface area contributed by atoms with Crippen molar-refractivity contribution >= 4 is 23.5 Å². The molecule has 1 heterocycles. The molecule has 3 rings (SSSR count). The number of carbonyl (C=O) groups excluding carboxylic acids is 2. The molecule has 0 aromatic heterocycles. The average molecular weight is 356 g/mol. The SMILES string of the molecule is COc1ccccc1C1=NC(=O)C(C)(NC(=O)C2CCCCC2)C(N)=N1. The second-order valence-corrected chi connectivity index (χ2v) is 6.89. The van der Waals surface area contributed by atoms with Crippen molar-refractivity contribution in [1.29, 1.82) is 0 Å². The van der Waals surface area contributed by atoms with E-state index in [1.54, 1.807) is 25.1 Å². The normalized spacial score (nSPS) is 23.8. The van der Waals surface area contributed by atoms with Crippen molar-refractivity contribution in [3.8, 4) is 5.75 Å². The number of hydrogen-bond acceptors (Lipinski definition) is 5. The van der Waals surface area contributed by atoms with Gasteiger partial charge in [0.25, 0.3) is 5.91 Å². The summed E-state index contributed by atoms with van der Waals surface area (Å²) in [4.78, 5) is 33.7. The van der Waals surface area contributed by atoms with Crippen LogP contribution in [0, 0.1) is 5.92 Å². The number of hydrogen-bond donors (Lipinski definition) is 2. The molecule has 1 atom stereocenters. The van der Waals surface area contributed by atoms with Gasteiger partial charge in [-0.1, -0.05) is 31.4 Å². The first kappa shape index (κ1) is 18.1. The number of nitrogens with zero attached hydrogens (tertiary/aromatic N) is 2. The fourth-order valence-corrected chi connectivity index (χ4v) is 3.35. The largest absolute Gasteiger partial charge is 0.496 e. The van der Waals surface area contributed by atoms with Gasteiger partial charge in [-0.2, -0.15) is 4.99 Å². The van der Waals surface area contributed by atoms with Crippen LogP contribution >= 0.6 is 0 Å². The number of carbonyl (C=O) groups is 2. The van der Waals surface area contributed by atoms with E-state index in [1.165, 1.54) is 7.11 Å². The number of nitrogens with one attached hydrogen (secondary N) is 1. The molecule has 1 aromatic rings. The Morgan fingerprint density at radius 2 is 1.92 bits per heavy atom. The summed E-state index contributed by atoms with van der Waals surface area (Å²) in [7, 11) is 1.53. The van der Waals surface area contributed by atoms with Crippen LogP contribution in [-0.2, 0) is 9.59 Å². The Morgan fingerprint density at radius 3 is 2.58 bits per heavy atom. The summed E-state index contributed by atoms with van der Waals surface area (Å²) in [6.45, 7) is 1.55. The fourth-order valence-electron chi connectivity index (χ4n) is 3.35. The number of benzene rings is 1. The lowest BCUT2D eigenvalue weighted by molar-refractivity contribution is -0.131. The summed E-state index contributed by atoms with van der Waals surface area (Å²) < 4.78 is 5.29. The molecule has 26 heavy (non-hydrogen) atoms. The first-order valence-electron chi connectivity index (χ1n) is 8.89. The van der Waals surface area contributed by atoms with E-state index in [1.807, 2.05) is 6.07 Å². The minimum atomic E-state index is -1.42. The fraction of sp³-hybridized carbons (Fsp3) is 0.474. The van der Waals surface area contributed by atoms with Crippen LogP contribution in [0.2, 0.25) is 0 Å². The number of rotatable bonds is 4. The molecule has 138 valence electrons. The molecule has 1 aliphatic heterocycles. The second-order valence-electron chi connectivity index (χ2n) is 6.89. The van der Waals surface area contributed by atoms with Crippen molar-refractivity contribution < 1.29 is 14.3 Å². The number of amidine groups is 2. The number of ether oxygens (including phenoxy) is 1. The molecule has 1 fully saturated rings. The summed E-state index contributed by atoms with van der Waals surface area (Å²) in [5.41, 5.74) is 5.25. The Balaban J connectivity index is 1.84. The number of aliphatic imine (C=N–C) groups is 2. The number of para-hydroxylation sites is 1. The summed E-state index contributed by atoms with van der Waals surface area (Å²) >= 11 is 0. The third-order valence-corrected chi connectivity index (χ3v) is 5.07. The van der Waals surface area contributed by atoms with Gasteiger partial charge in [-0.05, 0) is 31.9 Å². The monoisotopic (exact) mass is 356 g/mol. The van der Waals surface area contributed by atoms with Crippen LogP contribution in [0.15, 0.2) is 34.3 Å². The van der Waals surface area contributed by atoms with Crippen molar-refractivity contribution in [3.63, 3.8) is 0 Å². The molecular weight excluding hydrogens is 332 g/mol. The summed E-state index contributed by atoms with van der Waals surface area (Å²) in [5.74, 6) is -0.00664. The molecule has 2 aliphatic rings. The lowest BCUT2D eigenvalue weighted by Crippen LogP contribution is -2.62. The lowest BCUT2D eigenvalue weighted by Gasteiger charge is -2.32. The van der Waals surface area contributed by atoms with Gasteiger partial charge in [-0.25, -0.2) is 4.99 Å². The van der Waals surface area contributed by atoms with Crippen LogP contribution in [0.3, 0.4) is 0 Å². The highest BCUT2D eigenvalue weighted by Crippen LogP contribution is 2.26. The third-order valence-electron chi connectivity index (χ3n) is 5.07. The number of nitrogens with two attached hydrogens (primary N) is 1. The highest BCUT2D eigenvalue weighted by Gasteiger charge is 2.43. The molecular formula is C19H24N4O3. The first-order chi connectivity index (χ1) is 12.5. The zero-order chi connectivity index (χ0) is 18.7. The van der Waals surface area contributed by atoms with Crippen LogP contribution in [0.5, 0.6) is 5.75 Å². The van der Waals surface area contributed by atoms with E-state index in [0.29, 0.717) is 11.3 Å². The van der Waals surface area contributed by atoms with Crippen molar-refractivity contribution in [1.82, 2.24) is 5.32 Å². The van der Waals surface area contributed by atoms with E-state index in [0.717, 1.165) is 32.1 Å². The highest BCUT2D eigenvalue weighted by molar-refractivity contribution is 6.25. The Labute approximate surface area is 152 Å². The van der Waals surface area contributed by atoms with Gasteiger partial charge in [0.1, 0.15) is 11.6 Å². The lowest BCUT2D eigenvalue weighted by atomic mass is 9.87. The molecule has 7 nitrogen and oxygen atoms in total. The molecule has 1 unspecified atom stereocenters. The summed E-state index contributed by atoms with van der Waals surface area (Å²) in [5, 5.41) is 2.78. The van der Waals surface area contributed by atoms with Crippen molar-refractivity contribution in [3.05, 3.63) is 29.8 Å². The summed E-state index contributed by atoms with van der Waals surface area (Å²) in [6.07, 6.45) is 4.88. The van der Waals surface area contributed by atoms with Gasteiger partial charge in [0.15, 0.2) is 11.4 Å². The standard InChI is InChI=1S/C19H24N4O3/c1-19(23-16(24)12-8-4-3-5-9-12)17(20)21-15(22-18(19)25)13-10-6-7-11-14(13)26-2/h6-7,10-12H,3-5,8-9H2,1-2H3,(H,23,24)(H2,20,21,22,25). The van der Waals surface area contributed by atoms with Crippen molar-refractivity contribution in [2.75, 3.05) is 7.11 Å². The van der Waals surface area contributed by atoms with Gasteiger partial charge < -0.3 is 15.8 Å². The number of methoxy groups -OCH3 is 1. The Kier molecular flexibility index (Phi) is 5.06. The van der Waals surface area contributed by atoms with Crippen molar-refractivity contribution in [2.24, 2.45) is 21.6 Å². The van der Waals surface area contributed by atoms with Crippen LogP contribution < -0.4 is 15.8 Å².